The van der Waals surface area contributed by atoms with Gasteiger partial charge in [0.15, 0.2) is 0 Å². The lowest BCUT2D eigenvalue weighted by Gasteiger charge is -2.15. The van der Waals surface area contributed by atoms with Crippen molar-refractivity contribution in [2.75, 3.05) is 11.9 Å². The lowest BCUT2D eigenvalue weighted by atomic mass is 10.1. The predicted octanol–water partition coefficient (Wildman–Crippen LogP) is 3.43. The average Bonchev–Trinajstić information content (AvgIpc) is 2.49. The van der Waals surface area contributed by atoms with Gasteiger partial charge in [-0.3, -0.25) is 4.98 Å². The Labute approximate surface area is 118 Å². The highest BCUT2D eigenvalue weighted by Crippen LogP contribution is 2.19. The van der Waals surface area contributed by atoms with Gasteiger partial charge in [-0.2, -0.15) is 0 Å². The molecule has 0 aliphatic rings. The molecular formula is C16H18N2O2. The number of benzene rings is 1. The molecule has 1 aromatic heterocycles. The van der Waals surface area contributed by atoms with Crippen molar-refractivity contribution in [2.45, 2.75) is 19.9 Å². The van der Waals surface area contributed by atoms with E-state index in [2.05, 4.69) is 17.2 Å². The third kappa shape index (κ3) is 3.57. The molecule has 4 heteroatoms. The summed E-state index contributed by atoms with van der Waals surface area (Å²) in [6.07, 6.45) is 3.59. The normalized spacial score (nSPS) is 11.7. The van der Waals surface area contributed by atoms with E-state index < -0.39 is 0 Å². The summed E-state index contributed by atoms with van der Waals surface area (Å²) >= 11 is 0. The minimum absolute atomic E-state index is 0.150. The van der Waals surface area contributed by atoms with Crippen LogP contribution in [0.2, 0.25) is 0 Å². The van der Waals surface area contributed by atoms with Gasteiger partial charge in [0.25, 0.3) is 0 Å². The first-order valence-electron chi connectivity index (χ1n) is 6.64. The number of ether oxygens (including phenoxy) is 1. The van der Waals surface area contributed by atoms with Crippen LogP contribution in [0.15, 0.2) is 48.8 Å². The Morgan fingerprint density at radius 2 is 2.05 bits per heavy atom. The monoisotopic (exact) mass is 270 g/mol. The molecule has 0 radical (unpaired) electrons. The Hall–Kier alpha value is -2.36. The summed E-state index contributed by atoms with van der Waals surface area (Å²) in [5, 5.41) is 3.36. The van der Waals surface area contributed by atoms with Gasteiger partial charge in [0.05, 0.1) is 18.2 Å². The zero-order chi connectivity index (χ0) is 14.4. The van der Waals surface area contributed by atoms with Gasteiger partial charge in [-0.1, -0.05) is 6.07 Å². The van der Waals surface area contributed by atoms with Gasteiger partial charge in [0.1, 0.15) is 0 Å². The molecule has 20 heavy (non-hydrogen) atoms. The zero-order valence-corrected chi connectivity index (χ0v) is 11.7. The summed E-state index contributed by atoms with van der Waals surface area (Å²) in [4.78, 5) is 15.7. The van der Waals surface area contributed by atoms with Crippen molar-refractivity contribution in [3.05, 3.63) is 59.9 Å². The fraction of sp³-hybridized carbons (Fsp3) is 0.250. The van der Waals surface area contributed by atoms with E-state index in [9.17, 15) is 4.79 Å². The molecule has 0 saturated heterocycles. The van der Waals surface area contributed by atoms with Gasteiger partial charge in [-0.25, -0.2) is 4.79 Å². The second-order valence-electron chi connectivity index (χ2n) is 4.45. The summed E-state index contributed by atoms with van der Waals surface area (Å²) in [6.45, 7) is 4.25. The summed E-state index contributed by atoms with van der Waals surface area (Å²) in [6, 6.07) is 11.4. The van der Waals surface area contributed by atoms with Crippen LogP contribution in [0.5, 0.6) is 0 Å². The Morgan fingerprint density at radius 3 is 2.65 bits per heavy atom. The lowest BCUT2D eigenvalue weighted by Crippen LogP contribution is -2.08. The van der Waals surface area contributed by atoms with Gasteiger partial charge in [0, 0.05) is 18.1 Å². The van der Waals surface area contributed by atoms with Crippen LogP contribution in [0.25, 0.3) is 0 Å². The van der Waals surface area contributed by atoms with Crippen molar-refractivity contribution in [1.29, 1.82) is 0 Å². The van der Waals surface area contributed by atoms with Crippen molar-refractivity contribution in [3.63, 3.8) is 0 Å². The molecule has 0 aliphatic heterocycles. The number of rotatable bonds is 5. The van der Waals surface area contributed by atoms with Gasteiger partial charge >= 0.3 is 5.97 Å². The Bertz CT molecular complexity index is 552. The molecule has 104 valence electrons. The van der Waals surface area contributed by atoms with Crippen LogP contribution < -0.4 is 5.32 Å². The van der Waals surface area contributed by atoms with E-state index in [1.807, 2.05) is 30.5 Å². The maximum atomic E-state index is 11.5. The number of anilines is 1. The van der Waals surface area contributed by atoms with E-state index >= 15 is 0 Å². The summed E-state index contributed by atoms with van der Waals surface area (Å²) in [5.41, 5.74) is 2.63. The molecule has 2 rings (SSSR count). The zero-order valence-electron chi connectivity index (χ0n) is 11.7. The molecule has 1 atom stereocenters. The van der Waals surface area contributed by atoms with Crippen molar-refractivity contribution < 1.29 is 9.53 Å². The highest BCUT2D eigenvalue weighted by Gasteiger charge is 2.08. The van der Waals surface area contributed by atoms with E-state index in [4.69, 9.17) is 4.74 Å². The summed E-state index contributed by atoms with van der Waals surface area (Å²) in [7, 11) is 0. The van der Waals surface area contributed by atoms with Crippen molar-refractivity contribution >= 4 is 11.7 Å². The third-order valence-corrected chi connectivity index (χ3v) is 2.96. The molecule has 1 heterocycles. The number of hydrogen-bond acceptors (Lipinski definition) is 4. The number of esters is 1. The minimum atomic E-state index is -0.292. The first-order valence-corrected chi connectivity index (χ1v) is 6.64. The van der Waals surface area contributed by atoms with Crippen LogP contribution in [-0.2, 0) is 4.74 Å². The van der Waals surface area contributed by atoms with Crippen LogP contribution >= 0.6 is 0 Å². The van der Waals surface area contributed by atoms with Crippen LogP contribution in [0.1, 0.15) is 35.8 Å². The van der Waals surface area contributed by atoms with Gasteiger partial charge in [0.2, 0.25) is 0 Å². The molecule has 1 N–H and O–H groups in total. The predicted molar refractivity (Wildman–Crippen MR) is 78.7 cm³/mol. The molecule has 1 unspecified atom stereocenters. The van der Waals surface area contributed by atoms with Crippen molar-refractivity contribution in [2.24, 2.45) is 0 Å². The number of pyridine rings is 1. The second kappa shape index (κ2) is 6.70. The van der Waals surface area contributed by atoms with E-state index in [1.54, 1.807) is 25.3 Å². The fourth-order valence-corrected chi connectivity index (χ4v) is 1.88. The second-order valence-corrected chi connectivity index (χ2v) is 4.45. The largest absolute Gasteiger partial charge is 0.462 e. The van der Waals surface area contributed by atoms with Crippen molar-refractivity contribution in [1.82, 2.24) is 4.98 Å². The average molecular weight is 270 g/mol. The number of carbonyl (C=O) groups excluding carboxylic acids is 1. The summed E-state index contributed by atoms with van der Waals surface area (Å²) in [5.74, 6) is -0.292. The van der Waals surface area contributed by atoms with Gasteiger partial charge < -0.3 is 10.1 Å². The smallest absolute Gasteiger partial charge is 0.338 e. The van der Waals surface area contributed by atoms with Crippen LogP contribution in [-0.4, -0.2) is 17.6 Å². The maximum Gasteiger partial charge on any atom is 0.338 e. The van der Waals surface area contributed by atoms with Crippen LogP contribution in [0.3, 0.4) is 0 Å². The standard InChI is InChI=1S/C16H18N2O2/c1-3-20-16(19)13-6-8-15(9-7-13)18-12(2)14-5-4-10-17-11-14/h4-12,18H,3H2,1-2H3. The molecule has 2 aromatic rings. The number of hydrogen-bond donors (Lipinski definition) is 1. The van der Waals surface area contributed by atoms with Gasteiger partial charge in [-0.15, -0.1) is 0 Å². The molecule has 0 saturated carbocycles. The minimum Gasteiger partial charge on any atom is -0.462 e. The number of carbonyl (C=O) groups is 1. The van der Waals surface area contributed by atoms with E-state index in [0.29, 0.717) is 12.2 Å². The maximum absolute atomic E-state index is 11.5. The van der Waals surface area contributed by atoms with Crippen molar-refractivity contribution in [3.8, 4) is 0 Å². The molecule has 0 aliphatic carbocycles. The first-order chi connectivity index (χ1) is 9.70. The van der Waals surface area contributed by atoms with E-state index in [1.165, 1.54) is 0 Å². The van der Waals surface area contributed by atoms with Crippen LogP contribution in [0, 0.1) is 0 Å². The highest BCUT2D eigenvalue weighted by atomic mass is 16.5. The van der Waals surface area contributed by atoms with E-state index in [-0.39, 0.29) is 12.0 Å². The molecule has 0 spiro atoms. The topological polar surface area (TPSA) is 51.2 Å². The Balaban J connectivity index is 2.02. The van der Waals surface area contributed by atoms with E-state index in [0.717, 1.165) is 11.3 Å². The molecule has 0 bridgehead atoms. The molecule has 1 aromatic carbocycles. The highest BCUT2D eigenvalue weighted by molar-refractivity contribution is 5.89. The Morgan fingerprint density at radius 1 is 1.30 bits per heavy atom. The lowest BCUT2D eigenvalue weighted by molar-refractivity contribution is 0.0526. The fourth-order valence-electron chi connectivity index (χ4n) is 1.88. The quantitative estimate of drug-likeness (QED) is 0.846. The molecule has 4 nitrogen and oxygen atoms in total. The molecule has 0 amide bonds. The first kappa shape index (κ1) is 14.1. The molecule has 0 fully saturated rings. The number of nitrogens with one attached hydrogen (secondary N) is 1. The number of nitrogens with zero attached hydrogens (tertiary/aromatic N) is 1. The molecular weight excluding hydrogens is 252 g/mol. The number of aromatic nitrogens is 1. The third-order valence-electron chi connectivity index (χ3n) is 2.96. The Kier molecular flexibility index (Phi) is 4.71. The van der Waals surface area contributed by atoms with Crippen LogP contribution in [0.4, 0.5) is 5.69 Å². The summed E-state index contributed by atoms with van der Waals surface area (Å²) < 4.78 is 4.95. The SMILES string of the molecule is CCOC(=O)c1ccc(NC(C)c2cccnc2)cc1. The van der Waals surface area contributed by atoms with Gasteiger partial charge in [-0.05, 0) is 49.7 Å².